The molecule has 0 atom stereocenters. The Morgan fingerprint density at radius 1 is 1.10 bits per heavy atom. The van der Waals surface area contributed by atoms with Gasteiger partial charge < -0.3 is 9.52 Å². The van der Waals surface area contributed by atoms with E-state index in [1.165, 1.54) is 5.56 Å². The van der Waals surface area contributed by atoms with Crippen LogP contribution in [0.4, 0.5) is 0 Å². The number of carboxylic acids is 1. The summed E-state index contributed by atoms with van der Waals surface area (Å²) in [5.41, 5.74) is 3.53. The number of aryl methyl sites for hydroxylation is 1. The van der Waals surface area contributed by atoms with Gasteiger partial charge in [0.15, 0.2) is 0 Å². The summed E-state index contributed by atoms with van der Waals surface area (Å²) in [6.45, 7) is 1.78. The minimum Gasteiger partial charge on any atom is -0.475 e. The first kappa shape index (κ1) is 12.5. The average Bonchev–Trinajstić information content (AvgIpc) is 2.79. The lowest BCUT2D eigenvalue weighted by Crippen LogP contribution is -1.95. The van der Waals surface area contributed by atoms with Gasteiger partial charge in [0.05, 0.1) is 0 Å². The van der Waals surface area contributed by atoms with E-state index in [2.05, 4.69) is 0 Å². The second-order valence-electron chi connectivity index (χ2n) is 4.82. The van der Waals surface area contributed by atoms with Crippen molar-refractivity contribution < 1.29 is 14.3 Å². The number of hydrogen-bond acceptors (Lipinski definition) is 2. The second kappa shape index (κ2) is 4.85. The number of para-hydroxylation sites is 1. The number of benzene rings is 2. The van der Waals surface area contributed by atoms with E-state index in [9.17, 15) is 4.79 Å². The molecular weight excluding hydrogens is 252 g/mol. The van der Waals surface area contributed by atoms with Crippen LogP contribution in [0.15, 0.2) is 52.9 Å². The maximum Gasteiger partial charge on any atom is 0.372 e. The molecule has 20 heavy (non-hydrogen) atoms. The number of carbonyl (C=O) groups is 1. The molecular formula is C17H14O3. The molecule has 0 radical (unpaired) electrons. The van der Waals surface area contributed by atoms with Gasteiger partial charge in [0, 0.05) is 17.4 Å². The zero-order valence-electron chi connectivity index (χ0n) is 11.1. The van der Waals surface area contributed by atoms with E-state index in [1.54, 1.807) is 6.92 Å². The Hall–Kier alpha value is -2.55. The highest BCUT2D eigenvalue weighted by Gasteiger charge is 2.18. The van der Waals surface area contributed by atoms with Gasteiger partial charge in [-0.25, -0.2) is 4.79 Å². The third-order valence-electron chi connectivity index (χ3n) is 3.48. The van der Waals surface area contributed by atoms with Crippen LogP contribution in [0, 0.1) is 6.92 Å². The smallest absolute Gasteiger partial charge is 0.372 e. The monoisotopic (exact) mass is 266 g/mol. The number of aromatic carboxylic acids is 1. The molecule has 100 valence electrons. The number of hydrogen-bond donors (Lipinski definition) is 1. The van der Waals surface area contributed by atoms with Crippen LogP contribution in [0.25, 0.3) is 11.0 Å². The summed E-state index contributed by atoms with van der Waals surface area (Å²) in [6, 6.07) is 15.9. The summed E-state index contributed by atoms with van der Waals surface area (Å²) in [5.74, 6) is -0.995. The molecule has 0 aliphatic rings. The predicted octanol–water partition coefficient (Wildman–Crippen LogP) is 4.03. The van der Waals surface area contributed by atoms with Crippen molar-refractivity contribution in [1.82, 2.24) is 0 Å². The summed E-state index contributed by atoms with van der Waals surface area (Å²) in [6.07, 6.45) is 0.726. The molecule has 0 saturated heterocycles. The fraction of sp³-hybridized carbons (Fsp3) is 0.118. The molecule has 0 spiro atoms. The van der Waals surface area contributed by atoms with Gasteiger partial charge >= 0.3 is 5.97 Å². The van der Waals surface area contributed by atoms with E-state index in [1.807, 2.05) is 48.5 Å². The molecule has 3 aromatic rings. The van der Waals surface area contributed by atoms with Crippen LogP contribution < -0.4 is 0 Å². The first-order chi connectivity index (χ1) is 9.66. The highest BCUT2D eigenvalue weighted by molar-refractivity contribution is 5.95. The van der Waals surface area contributed by atoms with Gasteiger partial charge in [-0.2, -0.15) is 0 Å². The lowest BCUT2D eigenvalue weighted by Gasteiger charge is -2.02. The molecule has 0 bridgehead atoms. The van der Waals surface area contributed by atoms with E-state index in [0.717, 1.165) is 17.4 Å². The molecule has 1 heterocycles. The van der Waals surface area contributed by atoms with E-state index in [4.69, 9.17) is 9.52 Å². The Kier molecular flexibility index (Phi) is 3.03. The summed E-state index contributed by atoms with van der Waals surface area (Å²) < 4.78 is 5.56. The van der Waals surface area contributed by atoms with Gasteiger partial charge in [-0.1, -0.05) is 48.5 Å². The molecule has 0 unspecified atom stereocenters. The van der Waals surface area contributed by atoms with Crippen molar-refractivity contribution in [1.29, 1.82) is 0 Å². The normalized spacial score (nSPS) is 10.8. The summed E-state index contributed by atoms with van der Waals surface area (Å²) >= 11 is 0. The molecule has 0 amide bonds. The molecule has 0 aliphatic heterocycles. The summed E-state index contributed by atoms with van der Waals surface area (Å²) in [5, 5.41) is 10.0. The van der Waals surface area contributed by atoms with E-state index >= 15 is 0 Å². The predicted molar refractivity (Wildman–Crippen MR) is 77.2 cm³/mol. The third-order valence-corrected chi connectivity index (χ3v) is 3.48. The van der Waals surface area contributed by atoms with E-state index < -0.39 is 5.97 Å². The highest BCUT2D eigenvalue weighted by Crippen LogP contribution is 2.29. The fourth-order valence-corrected chi connectivity index (χ4v) is 2.46. The van der Waals surface area contributed by atoms with Crippen LogP contribution in [-0.4, -0.2) is 11.1 Å². The summed E-state index contributed by atoms with van der Waals surface area (Å²) in [7, 11) is 0. The van der Waals surface area contributed by atoms with Crippen LogP contribution in [0.5, 0.6) is 0 Å². The second-order valence-corrected chi connectivity index (χ2v) is 4.82. The quantitative estimate of drug-likeness (QED) is 0.778. The van der Waals surface area contributed by atoms with Gasteiger partial charge in [-0.05, 0) is 18.1 Å². The number of carboxylic acid groups (broad SMARTS) is 1. The SMILES string of the molecule is Cc1c(C(=O)O)oc2c(Cc3ccccc3)cccc12. The van der Waals surface area contributed by atoms with E-state index in [0.29, 0.717) is 11.1 Å². The summed E-state index contributed by atoms with van der Waals surface area (Å²) in [4.78, 5) is 11.2. The van der Waals surface area contributed by atoms with Crippen molar-refractivity contribution in [2.75, 3.05) is 0 Å². The molecule has 2 aromatic carbocycles. The molecule has 1 N–H and O–H groups in total. The minimum atomic E-state index is -1.02. The number of furan rings is 1. The Morgan fingerprint density at radius 3 is 2.55 bits per heavy atom. The number of fused-ring (bicyclic) bond motifs is 1. The van der Waals surface area contributed by atoms with Crippen molar-refractivity contribution in [3.8, 4) is 0 Å². The molecule has 1 aromatic heterocycles. The molecule has 3 nitrogen and oxygen atoms in total. The number of rotatable bonds is 3. The van der Waals surface area contributed by atoms with Gasteiger partial charge in [-0.15, -0.1) is 0 Å². The highest BCUT2D eigenvalue weighted by atomic mass is 16.4. The average molecular weight is 266 g/mol. The van der Waals surface area contributed by atoms with Crippen LogP contribution in [0.2, 0.25) is 0 Å². The van der Waals surface area contributed by atoms with Crippen molar-refractivity contribution in [2.24, 2.45) is 0 Å². The van der Waals surface area contributed by atoms with Crippen LogP contribution in [0.3, 0.4) is 0 Å². The van der Waals surface area contributed by atoms with Crippen LogP contribution in [-0.2, 0) is 6.42 Å². The first-order valence-corrected chi connectivity index (χ1v) is 6.45. The first-order valence-electron chi connectivity index (χ1n) is 6.45. The maximum atomic E-state index is 11.2. The molecule has 0 fully saturated rings. The molecule has 0 saturated carbocycles. The largest absolute Gasteiger partial charge is 0.475 e. The topological polar surface area (TPSA) is 50.4 Å². The molecule has 3 heteroatoms. The van der Waals surface area contributed by atoms with Crippen molar-refractivity contribution in [3.05, 3.63) is 71.0 Å². The van der Waals surface area contributed by atoms with Crippen molar-refractivity contribution in [3.63, 3.8) is 0 Å². The zero-order chi connectivity index (χ0) is 14.1. The zero-order valence-corrected chi connectivity index (χ0v) is 11.1. The lowest BCUT2D eigenvalue weighted by atomic mass is 10.0. The Morgan fingerprint density at radius 2 is 1.85 bits per heavy atom. The van der Waals surface area contributed by atoms with Crippen molar-refractivity contribution in [2.45, 2.75) is 13.3 Å². The minimum absolute atomic E-state index is 0.0283. The third kappa shape index (κ3) is 2.07. The Balaban J connectivity index is 2.12. The van der Waals surface area contributed by atoms with Crippen LogP contribution >= 0.6 is 0 Å². The Labute approximate surface area is 116 Å². The van der Waals surface area contributed by atoms with Gasteiger partial charge in [0.1, 0.15) is 5.58 Å². The van der Waals surface area contributed by atoms with Crippen LogP contribution in [0.1, 0.15) is 27.2 Å². The maximum absolute atomic E-state index is 11.2. The van der Waals surface area contributed by atoms with Gasteiger partial charge in [0.2, 0.25) is 5.76 Å². The van der Waals surface area contributed by atoms with Gasteiger partial charge in [-0.3, -0.25) is 0 Å². The standard InChI is InChI=1S/C17H14O3/c1-11-14-9-5-8-13(10-12-6-3-2-4-7-12)16(14)20-15(11)17(18)19/h2-9H,10H2,1H3,(H,18,19). The van der Waals surface area contributed by atoms with Gasteiger partial charge in [0.25, 0.3) is 0 Å². The van der Waals surface area contributed by atoms with Crippen molar-refractivity contribution >= 4 is 16.9 Å². The Bertz CT molecular complexity index is 770. The fourth-order valence-electron chi connectivity index (χ4n) is 2.46. The van der Waals surface area contributed by atoms with E-state index in [-0.39, 0.29) is 5.76 Å². The molecule has 0 aliphatic carbocycles. The lowest BCUT2D eigenvalue weighted by molar-refractivity contribution is 0.0664. The molecule has 3 rings (SSSR count).